The largest absolute Gasteiger partial charge is 0.497 e. The number of sulfonamides is 1. The molecule has 1 aliphatic heterocycles. The SMILES string of the molecule is COc1ccc(C2=NN(S(=O)(=O)c3ccc(C)cc3)[C@H](c3cccc([N+](=O)[O-])c3)C2)cc1. The van der Waals surface area contributed by atoms with E-state index in [-0.39, 0.29) is 17.0 Å². The van der Waals surface area contributed by atoms with Crippen LogP contribution < -0.4 is 4.74 Å². The second-order valence-electron chi connectivity index (χ2n) is 7.44. The number of nitrogens with zero attached hydrogens (tertiary/aromatic N) is 3. The van der Waals surface area contributed by atoms with E-state index in [2.05, 4.69) is 5.10 Å². The van der Waals surface area contributed by atoms with Crippen LogP contribution in [0.1, 0.15) is 29.2 Å². The van der Waals surface area contributed by atoms with E-state index in [1.165, 1.54) is 24.3 Å². The Labute approximate surface area is 186 Å². The minimum Gasteiger partial charge on any atom is -0.497 e. The summed E-state index contributed by atoms with van der Waals surface area (Å²) in [7, 11) is -2.42. The molecule has 0 spiro atoms. The van der Waals surface area contributed by atoms with Crippen molar-refractivity contribution in [1.82, 2.24) is 4.41 Å². The highest BCUT2D eigenvalue weighted by Crippen LogP contribution is 2.38. The number of ether oxygens (including phenoxy) is 1. The molecule has 32 heavy (non-hydrogen) atoms. The number of hydrazone groups is 1. The van der Waals surface area contributed by atoms with E-state index >= 15 is 0 Å². The first-order valence-electron chi connectivity index (χ1n) is 9.87. The second-order valence-corrected chi connectivity index (χ2v) is 9.23. The van der Waals surface area contributed by atoms with Crippen molar-refractivity contribution in [1.29, 1.82) is 0 Å². The fourth-order valence-electron chi connectivity index (χ4n) is 3.58. The van der Waals surface area contributed by atoms with Crippen LogP contribution in [0.4, 0.5) is 5.69 Å². The maximum atomic E-state index is 13.5. The lowest BCUT2D eigenvalue weighted by atomic mass is 9.99. The summed E-state index contributed by atoms with van der Waals surface area (Å²) in [5.41, 5.74) is 2.65. The van der Waals surface area contributed by atoms with Gasteiger partial charge in [-0.25, -0.2) is 0 Å². The van der Waals surface area contributed by atoms with E-state index in [0.717, 1.165) is 15.5 Å². The molecule has 0 radical (unpaired) electrons. The molecule has 0 saturated heterocycles. The number of hydrogen-bond acceptors (Lipinski definition) is 6. The molecule has 1 atom stereocenters. The molecule has 0 amide bonds. The number of methoxy groups -OCH3 is 1. The number of rotatable bonds is 6. The van der Waals surface area contributed by atoms with Crippen molar-refractivity contribution in [3.8, 4) is 5.75 Å². The Morgan fingerprint density at radius 1 is 1.06 bits per heavy atom. The molecule has 0 fully saturated rings. The molecule has 0 bridgehead atoms. The van der Waals surface area contributed by atoms with Gasteiger partial charge in [0.05, 0.1) is 28.7 Å². The maximum Gasteiger partial charge on any atom is 0.279 e. The molecule has 3 aromatic rings. The van der Waals surface area contributed by atoms with E-state index in [4.69, 9.17) is 4.74 Å². The van der Waals surface area contributed by atoms with Gasteiger partial charge in [0.15, 0.2) is 0 Å². The van der Waals surface area contributed by atoms with Crippen LogP contribution in [0.3, 0.4) is 0 Å². The number of benzene rings is 3. The predicted octanol–water partition coefficient (Wildman–Crippen LogP) is 4.45. The minimum absolute atomic E-state index is 0.104. The fourth-order valence-corrected chi connectivity index (χ4v) is 5.01. The summed E-state index contributed by atoms with van der Waals surface area (Å²) in [6, 6.07) is 19.0. The van der Waals surface area contributed by atoms with E-state index in [0.29, 0.717) is 17.0 Å². The first-order chi connectivity index (χ1) is 15.3. The Kier molecular flexibility index (Phi) is 5.67. The lowest BCUT2D eigenvalue weighted by Crippen LogP contribution is -2.27. The second kappa shape index (κ2) is 8.43. The van der Waals surface area contributed by atoms with Crippen molar-refractivity contribution >= 4 is 21.4 Å². The van der Waals surface area contributed by atoms with E-state index in [1.807, 2.05) is 19.1 Å². The normalized spacial score (nSPS) is 16.0. The smallest absolute Gasteiger partial charge is 0.279 e. The average molecular weight is 452 g/mol. The fraction of sp³-hybridized carbons (Fsp3) is 0.174. The van der Waals surface area contributed by atoms with E-state index < -0.39 is 21.0 Å². The average Bonchev–Trinajstić information content (AvgIpc) is 3.26. The topological polar surface area (TPSA) is 102 Å². The summed E-state index contributed by atoms with van der Waals surface area (Å²) in [5, 5.41) is 15.7. The molecular formula is C23H21N3O5S. The zero-order chi connectivity index (χ0) is 22.9. The van der Waals surface area contributed by atoms with Crippen LogP contribution in [0.25, 0.3) is 0 Å². The third-order valence-electron chi connectivity index (χ3n) is 5.33. The molecule has 0 unspecified atom stereocenters. The van der Waals surface area contributed by atoms with Gasteiger partial charge in [0.1, 0.15) is 5.75 Å². The predicted molar refractivity (Wildman–Crippen MR) is 120 cm³/mol. The Bertz CT molecular complexity index is 1290. The molecule has 1 heterocycles. The Morgan fingerprint density at radius 3 is 2.38 bits per heavy atom. The molecule has 0 aromatic heterocycles. The van der Waals surface area contributed by atoms with Crippen LogP contribution in [-0.4, -0.2) is 30.6 Å². The molecule has 0 aliphatic carbocycles. The standard InChI is InChI=1S/C23H21N3O5S/c1-16-6-12-21(13-7-16)32(29,30)25-23(18-4-3-5-19(14-18)26(27)28)15-22(24-25)17-8-10-20(31-2)11-9-17/h3-14,23H,15H2,1-2H3/t23-/m0/s1. The summed E-state index contributed by atoms with van der Waals surface area (Å²) < 4.78 is 33.2. The molecule has 9 heteroatoms. The van der Waals surface area contributed by atoms with Gasteiger partial charge >= 0.3 is 0 Å². The third kappa shape index (κ3) is 4.06. The third-order valence-corrected chi connectivity index (χ3v) is 7.02. The highest BCUT2D eigenvalue weighted by atomic mass is 32.2. The van der Waals surface area contributed by atoms with E-state index in [1.54, 1.807) is 43.5 Å². The van der Waals surface area contributed by atoms with Crippen LogP contribution in [0, 0.1) is 17.0 Å². The first-order valence-corrected chi connectivity index (χ1v) is 11.3. The van der Waals surface area contributed by atoms with Crippen molar-refractivity contribution in [3.05, 3.63) is 99.6 Å². The van der Waals surface area contributed by atoms with Crippen molar-refractivity contribution < 1.29 is 18.1 Å². The van der Waals surface area contributed by atoms with Gasteiger partial charge in [-0.2, -0.15) is 17.9 Å². The van der Waals surface area contributed by atoms with Gasteiger partial charge in [-0.3, -0.25) is 10.1 Å². The number of nitro groups is 1. The highest BCUT2D eigenvalue weighted by Gasteiger charge is 2.38. The maximum absolute atomic E-state index is 13.5. The molecule has 4 rings (SSSR count). The van der Waals surface area contributed by atoms with Crippen molar-refractivity contribution in [2.45, 2.75) is 24.3 Å². The molecule has 1 aliphatic rings. The van der Waals surface area contributed by atoms with Crippen molar-refractivity contribution in [2.75, 3.05) is 7.11 Å². The Morgan fingerprint density at radius 2 is 1.75 bits per heavy atom. The van der Waals surface area contributed by atoms with Gasteiger partial charge in [-0.1, -0.05) is 29.8 Å². The zero-order valence-corrected chi connectivity index (χ0v) is 18.3. The van der Waals surface area contributed by atoms with Crippen LogP contribution in [0.5, 0.6) is 5.75 Å². The molecule has 0 N–H and O–H groups in total. The molecule has 8 nitrogen and oxygen atoms in total. The lowest BCUT2D eigenvalue weighted by molar-refractivity contribution is -0.384. The van der Waals surface area contributed by atoms with E-state index in [9.17, 15) is 18.5 Å². The molecule has 0 saturated carbocycles. The van der Waals surface area contributed by atoms with Gasteiger partial charge in [0.25, 0.3) is 15.7 Å². The van der Waals surface area contributed by atoms with Gasteiger partial charge < -0.3 is 4.74 Å². The Balaban J connectivity index is 1.80. The number of aryl methyl sites for hydroxylation is 1. The molecule has 164 valence electrons. The van der Waals surface area contributed by atoms with Crippen LogP contribution in [-0.2, 0) is 10.0 Å². The molecular weight excluding hydrogens is 430 g/mol. The Hall–Kier alpha value is -3.72. The molecule has 3 aromatic carbocycles. The van der Waals surface area contributed by atoms with Crippen molar-refractivity contribution in [2.24, 2.45) is 5.10 Å². The number of hydrogen-bond donors (Lipinski definition) is 0. The first kappa shape index (κ1) is 21.5. The summed E-state index contributed by atoms with van der Waals surface area (Å²) in [5.74, 6) is 0.673. The van der Waals surface area contributed by atoms with Crippen LogP contribution in [0.15, 0.2) is 82.8 Å². The van der Waals surface area contributed by atoms with Gasteiger partial charge in [-0.15, -0.1) is 0 Å². The quantitative estimate of drug-likeness (QED) is 0.407. The zero-order valence-electron chi connectivity index (χ0n) is 17.5. The lowest BCUT2D eigenvalue weighted by Gasteiger charge is -2.23. The monoisotopic (exact) mass is 451 g/mol. The van der Waals surface area contributed by atoms with Gasteiger partial charge in [0.2, 0.25) is 0 Å². The summed E-state index contributed by atoms with van der Waals surface area (Å²) in [6.07, 6.45) is 0.276. The van der Waals surface area contributed by atoms with Crippen LogP contribution in [0.2, 0.25) is 0 Å². The highest BCUT2D eigenvalue weighted by molar-refractivity contribution is 7.89. The van der Waals surface area contributed by atoms with Crippen molar-refractivity contribution in [3.63, 3.8) is 0 Å². The minimum atomic E-state index is -3.99. The summed E-state index contributed by atoms with van der Waals surface area (Å²) in [6.45, 7) is 1.87. The summed E-state index contributed by atoms with van der Waals surface area (Å²) >= 11 is 0. The number of non-ortho nitro benzene ring substituents is 1. The van der Waals surface area contributed by atoms with Gasteiger partial charge in [0, 0.05) is 18.6 Å². The summed E-state index contributed by atoms with van der Waals surface area (Å²) in [4.78, 5) is 10.9. The van der Waals surface area contributed by atoms with Gasteiger partial charge in [-0.05, 0) is 54.4 Å². The number of nitro benzene ring substituents is 1. The van der Waals surface area contributed by atoms with Crippen LogP contribution >= 0.6 is 0 Å².